The van der Waals surface area contributed by atoms with Gasteiger partial charge in [-0.3, -0.25) is 9.59 Å². The number of imidazole rings is 1. The van der Waals surface area contributed by atoms with Gasteiger partial charge in [0.2, 0.25) is 0 Å². The number of nitrogens with one attached hydrogen (secondary N) is 2. The highest BCUT2D eigenvalue weighted by atomic mass is 16.5. The third-order valence-corrected chi connectivity index (χ3v) is 5.46. The van der Waals surface area contributed by atoms with Crippen LogP contribution in [0.5, 0.6) is 5.75 Å². The number of hydrogen-bond acceptors (Lipinski definition) is 4. The molecule has 3 aromatic carbocycles. The van der Waals surface area contributed by atoms with E-state index < -0.39 is 5.91 Å². The van der Waals surface area contributed by atoms with Crippen LogP contribution in [0.3, 0.4) is 0 Å². The monoisotopic (exact) mass is 454 g/mol. The number of aromatic amines is 1. The van der Waals surface area contributed by atoms with E-state index in [2.05, 4.69) is 15.3 Å². The summed E-state index contributed by atoms with van der Waals surface area (Å²) >= 11 is 0. The predicted octanol–water partition coefficient (Wildman–Crippen LogP) is 4.64. The zero-order chi connectivity index (χ0) is 23.9. The molecular weight excluding hydrogens is 428 g/mol. The Kier molecular flexibility index (Phi) is 7.03. The lowest BCUT2D eigenvalue weighted by Gasteiger charge is -2.15. The van der Waals surface area contributed by atoms with Crippen molar-refractivity contribution in [1.29, 1.82) is 0 Å². The normalized spacial score (nSPS) is 11.6. The van der Waals surface area contributed by atoms with Crippen LogP contribution in [0.2, 0.25) is 0 Å². The second-order valence-electron chi connectivity index (χ2n) is 7.83. The maximum atomic E-state index is 13.0. The Morgan fingerprint density at radius 1 is 1.03 bits per heavy atom. The molecule has 4 aromatic rings. The fourth-order valence-corrected chi connectivity index (χ4v) is 3.64. The summed E-state index contributed by atoms with van der Waals surface area (Å²) in [6, 6.07) is 23.6. The van der Waals surface area contributed by atoms with Gasteiger partial charge in [0.15, 0.2) is 0 Å². The number of amides is 2. The lowest BCUT2D eigenvalue weighted by atomic mass is 10.1. The second kappa shape index (κ2) is 10.5. The number of carbonyl (C=O) groups excluding carboxylic acids is 2. The summed E-state index contributed by atoms with van der Waals surface area (Å²) in [4.78, 5) is 32.4. The fourth-order valence-electron chi connectivity index (χ4n) is 3.64. The summed E-state index contributed by atoms with van der Waals surface area (Å²) in [7, 11) is 0. The van der Waals surface area contributed by atoms with E-state index in [4.69, 9.17) is 10.5 Å². The van der Waals surface area contributed by atoms with Crippen molar-refractivity contribution >= 4 is 11.8 Å². The van der Waals surface area contributed by atoms with Gasteiger partial charge >= 0.3 is 0 Å². The van der Waals surface area contributed by atoms with Crippen LogP contribution in [0.4, 0.5) is 0 Å². The second-order valence-corrected chi connectivity index (χ2v) is 7.83. The molecule has 0 saturated heterocycles. The van der Waals surface area contributed by atoms with Gasteiger partial charge < -0.3 is 20.8 Å². The molecule has 1 heterocycles. The summed E-state index contributed by atoms with van der Waals surface area (Å²) < 4.78 is 5.79. The van der Waals surface area contributed by atoms with Gasteiger partial charge in [-0.05, 0) is 41.8 Å². The van der Waals surface area contributed by atoms with E-state index in [1.54, 1.807) is 48.7 Å². The van der Waals surface area contributed by atoms with E-state index in [-0.39, 0.29) is 18.6 Å². The van der Waals surface area contributed by atoms with E-state index in [1.165, 1.54) is 0 Å². The van der Waals surface area contributed by atoms with Crippen LogP contribution in [-0.2, 0) is 6.61 Å². The minimum Gasteiger partial charge on any atom is -0.488 e. The van der Waals surface area contributed by atoms with E-state index in [9.17, 15) is 9.59 Å². The van der Waals surface area contributed by atoms with Crippen molar-refractivity contribution in [3.8, 4) is 17.0 Å². The van der Waals surface area contributed by atoms with E-state index in [0.717, 1.165) is 16.8 Å². The number of carbonyl (C=O) groups is 2. The molecule has 0 saturated carbocycles. The van der Waals surface area contributed by atoms with Crippen molar-refractivity contribution in [3.63, 3.8) is 0 Å². The molecule has 2 amide bonds. The maximum Gasteiger partial charge on any atom is 0.252 e. The Hall–Kier alpha value is -4.39. The number of nitrogens with zero attached hydrogens (tertiary/aromatic N) is 1. The Bertz CT molecular complexity index is 1280. The zero-order valence-electron chi connectivity index (χ0n) is 18.8. The Morgan fingerprint density at radius 2 is 1.79 bits per heavy atom. The number of aromatic nitrogens is 2. The zero-order valence-corrected chi connectivity index (χ0v) is 18.8. The number of H-pyrrole nitrogens is 1. The number of hydrogen-bond donors (Lipinski definition) is 3. The minimum atomic E-state index is -0.553. The summed E-state index contributed by atoms with van der Waals surface area (Å²) in [6.45, 7) is 2.19. The summed E-state index contributed by atoms with van der Waals surface area (Å²) in [5.74, 6) is 0.353. The quantitative estimate of drug-likeness (QED) is 0.342. The maximum absolute atomic E-state index is 13.0. The molecule has 7 heteroatoms. The van der Waals surface area contributed by atoms with Crippen LogP contribution in [0.25, 0.3) is 11.3 Å². The number of benzene rings is 3. The fraction of sp³-hybridized carbons (Fsp3) is 0.148. The largest absolute Gasteiger partial charge is 0.488 e. The van der Waals surface area contributed by atoms with Gasteiger partial charge in [0.05, 0.1) is 23.5 Å². The average Bonchev–Trinajstić information content (AvgIpc) is 3.37. The molecule has 1 aromatic heterocycles. The molecular formula is C27H26N4O3. The van der Waals surface area contributed by atoms with Gasteiger partial charge in [-0.25, -0.2) is 4.98 Å². The molecule has 172 valence electrons. The van der Waals surface area contributed by atoms with Gasteiger partial charge in [-0.2, -0.15) is 0 Å². The third-order valence-electron chi connectivity index (χ3n) is 5.46. The SMILES string of the molecule is CCC(NC(=O)c1cccc(COc2ccccc2C(N)=O)c1)c1ncc(-c2ccccc2)[nH]1. The highest BCUT2D eigenvalue weighted by Gasteiger charge is 2.18. The molecule has 0 aliphatic carbocycles. The molecule has 0 fully saturated rings. The van der Waals surface area contributed by atoms with Crippen molar-refractivity contribution < 1.29 is 14.3 Å². The average molecular weight is 455 g/mol. The van der Waals surface area contributed by atoms with Crippen molar-refractivity contribution in [1.82, 2.24) is 15.3 Å². The van der Waals surface area contributed by atoms with E-state index in [0.29, 0.717) is 29.1 Å². The van der Waals surface area contributed by atoms with Crippen LogP contribution >= 0.6 is 0 Å². The van der Waals surface area contributed by atoms with E-state index in [1.807, 2.05) is 43.3 Å². The van der Waals surface area contributed by atoms with Crippen LogP contribution < -0.4 is 15.8 Å². The first-order valence-corrected chi connectivity index (χ1v) is 11.1. The first-order chi connectivity index (χ1) is 16.5. The van der Waals surface area contributed by atoms with Gasteiger partial charge in [0.1, 0.15) is 18.2 Å². The number of primary amides is 1. The number of rotatable bonds is 9. The van der Waals surface area contributed by atoms with Crippen LogP contribution in [0.1, 0.15) is 51.5 Å². The Morgan fingerprint density at radius 3 is 2.56 bits per heavy atom. The third kappa shape index (κ3) is 5.32. The number of ether oxygens (including phenoxy) is 1. The molecule has 1 atom stereocenters. The molecule has 0 radical (unpaired) electrons. The minimum absolute atomic E-state index is 0.196. The van der Waals surface area contributed by atoms with Crippen LogP contribution in [0, 0.1) is 0 Å². The van der Waals surface area contributed by atoms with Crippen LogP contribution in [-0.4, -0.2) is 21.8 Å². The van der Waals surface area contributed by atoms with Crippen molar-refractivity contribution in [3.05, 3.63) is 108 Å². The molecule has 1 unspecified atom stereocenters. The molecule has 4 N–H and O–H groups in total. The smallest absolute Gasteiger partial charge is 0.252 e. The summed E-state index contributed by atoms with van der Waals surface area (Å²) in [5, 5.41) is 3.05. The van der Waals surface area contributed by atoms with Gasteiger partial charge in [-0.15, -0.1) is 0 Å². The van der Waals surface area contributed by atoms with Crippen molar-refractivity contribution in [2.24, 2.45) is 5.73 Å². The number of para-hydroxylation sites is 1. The summed E-state index contributed by atoms with van der Waals surface area (Å²) in [5.41, 5.74) is 8.97. The molecule has 34 heavy (non-hydrogen) atoms. The number of nitrogens with two attached hydrogens (primary N) is 1. The molecule has 0 aliphatic heterocycles. The first-order valence-electron chi connectivity index (χ1n) is 11.1. The molecule has 0 spiro atoms. The first kappa shape index (κ1) is 22.8. The predicted molar refractivity (Wildman–Crippen MR) is 130 cm³/mol. The standard InChI is InChI=1S/C27H26N4O3/c1-2-22(26-29-16-23(30-26)19-10-4-3-5-11-19)31-27(33)20-12-8-9-18(15-20)17-34-24-14-7-6-13-21(24)25(28)32/h3-16,22H,2,17H2,1H3,(H2,28,32)(H,29,30)(H,31,33). The van der Waals surface area contributed by atoms with Crippen molar-refractivity contribution in [2.45, 2.75) is 26.0 Å². The van der Waals surface area contributed by atoms with Gasteiger partial charge in [-0.1, -0.05) is 61.5 Å². The lowest BCUT2D eigenvalue weighted by molar-refractivity contribution is 0.0933. The lowest BCUT2D eigenvalue weighted by Crippen LogP contribution is -2.29. The summed E-state index contributed by atoms with van der Waals surface area (Å²) in [6.07, 6.45) is 2.46. The van der Waals surface area contributed by atoms with Gasteiger partial charge in [0, 0.05) is 5.56 Å². The van der Waals surface area contributed by atoms with Gasteiger partial charge in [0.25, 0.3) is 11.8 Å². The van der Waals surface area contributed by atoms with Crippen molar-refractivity contribution in [2.75, 3.05) is 0 Å². The Labute approximate surface area is 198 Å². The highest BCUT2D eigenvalue weighted by Crippen LogP contribution is 2.22. The molecule has 0 aliphatic rings. The topological polar surface area (TPSA) is 110 Å². The molecule has 7 nitrogen and oxygen atoms in total. The molecule has 0 bridgehead atoms. The highest BCUT2D eigenvalue weighted by molar-refractivity contribution is 5.95. The molecule has 4 rings (SSSR count). The van der Waals surface area contributed by atoms with E-state index >= 15 is 0 Å². The van der Waals surface area contributed by atoms with Crippen LogP contribution in [0.15, 0.2) is 85.1 Å². The Balaban J connectivity index is 1.44.